The van der Waals surface area contributed by atoms with Crippen molar-refractivity contribution in [3.05, 3.63) is 58.6 Å². The SMILES string of the molecule is CCCCNC(=O)c1ccccc1NC(=O)c1ccc(Cl)c(S(=O)(=O)N2CCOCC2)c1. The van der Waals surface area contributed by atoms with Crippen molar-refractivity contribution in [2.75, 3.05) is 38.2 Å². The van der Waals surface area contributed by atoms with Gasteiger partial charge in [0.05, 0.1) is 29.5 Å². The van der Waals surface area contributed by atoms with Gasteiger partial charge < -0.3 is 15.4 Å². The highest BCUT2D eigenvalue weighted by molar-refractivity contribution is 7.89. The maximum absolute atomic E-state index is 13.0. The van der Waals surface area contributed by atoms with Crippen molar-refractivity contribution in [3.8, 4) is 0 Å². The molecule has 10 heteroatoms. The van der Waals surface area contributed by atoms with Gasteiger partial charge in [-0.05, 0) is 36.8 Å². The van der Waals surface area contributed by atoms with Gasteiger partial charge in [0.25, 0.3) is 11.8 Å². The van der Waals surface area contributed by atoms with E-state index < -0.39 is 15.9 Å². The molecule has 1 heterocycles. The fraction of sp³-hybridized carbons (Fsp3) is 0.364. The predicted octanol–water partition coefficient (Wildman–Crippen LogP) is 3.14. The molecule has 0 saturated carbocycles. The molecular formula is C22H26ClN3O5S. The van der Waals surface area contributed by atoms with Gasteiger partial charge in [0.2, 0.25) is 10.0 Å². The highest BCUT2D eigenvalue weighted by atomic mass is 35.5. The van der Waals surface area contributed by atoms with Gasteiger partial charge in [-0.3, -0.25) is 9.59 Å². The second-order valence-corrected chi connectivity index (χ2v) is 9.58. The number of hydrogen-bond donors (Lipinski definition) is 2. The Morgan fingerprint density at radius 2 is 1.81 bits per heavy atom. The van der Waals surface area contributed by atoms with E-state index in [4.69, 9.17) is 16.3 Å². The van der Waals surface area contributed by atoms with Crippen LogP contribution in [0, 0.1) is 0 Å². The molecule has 2 aromatic carbocycles. The minimum Gasteiger partial charge on any atom is -0.379 e. The zero-order chi connectivity index (χ0) is 23.1. The van der Waals surface area contributed by atoms with Gasteiger partial charge in [0.15, 0.2) is 0 Å². The van der Waals surface area contributed by atoms with Crippen LogP contribution in [0.4, 0.5) is 5.69 Å². The number of halogens is 1. The van der Waals surface area contributed by atoms with Crippen LogP contribution >= 0.6 is 11.6 Å². The number of carbonyl (C=O) groups is 2. The molecule has 8 nitrogen and oxygen atoms in total. The van der Waals surface area contributed by atoms with Crippen LogP contribution in [0.25, 0.3) is 0 Å². The molecule has 2 aromatic rings. The summed E-state index contributed by atoms with van der Waals surface area (Å²) in [5.74, 6) is -0.838. The largest absolute Gasteiger partial charge is 0.379 e. The zero-order valence-corrected chi connectivity index (χ0v) is 19.3. The number of anilines is 1. The van der Waals surface area contributed by atoms with Gasteiger partial charge in [0.1, 0.15) is 4.90 Å². The van der Waals surface area contributed by atoms with E-state index in [0.29, 0.717) is 31.0 Å². The maximum atomic E-state index is 13.0. The van der Waals surface area contributed by atoms with E-state index in [2.05, 4.69) is 10.6 Å². The van der Waals surface area contributed by atoms with Crippen molar-refractivity contribution in [2.45, 2.75) is 24.7 Å². The first-order chi connectivity index (χ1) is 15.3. The second kappa shape index (κ2) is 10.9. The number of para-hydroxylation sites is 1. The minimum absolute atomic E-state index is 0.0312. The highest BCUT2D eigenvalue weighted by Gasteiger charge is 2.29. The van der Waals surface area contributed by atoms with Crippen LogP contribution in [-0.2, 0) is 14.8 Å². The standard InChI is InChI=1S/C22H26ClN3O5S/c1-2-3-10-24-22(28)17-6-4-5-7-19(17)25-21(27)16-8-9-18(23)20(15-16)32(29,30)26-11-13-31-14-12-26/h4-9,15H,2-3,10-14H2,1H3,(H,24,28)(H,25,27). The Labute approximate surface area is 192 Å². The predicted molar refractivity (Wildman–Crippen MR) is 123 cm³/mol. The summed E-state index contributed by atoms with van der Waals surface area (Å²) >= 11 is 6.17. The molecule has 0 aliphatic carbocycles. The molecule has 1 aliphatic heterocycles. The van der Waals surface area contributed by atoms with E-state index in [1.807, 2.05) is 6.92 Å². The molecule has 0 radical (unpaired) electrons. The third kappa shape index (κ3) is 5.66. The quantitative estimate of drug-likeness (QED) is 0.566. The number of hydrogen-bond acceptors (Lipinski definition) is 5. The van der Waals surface area contributed by atoms with Gasteiger partial charge in [-0.2, -0.15) is 4.31 Å². The molecule has 1 saturated heterocycles. The maximum Gasteiger partial charge on any atom is 0.255 e. The van der Waals surface area contributed by atoms with Crippen molar-refractivity contribution >= 4 is 39.1 Å². The van der Waals surface area contributed by atoms with Gasteiger partial charge in [-0.1, -0.05) is 37.1 Å². The van der Waals surface area contributed by atoms with E-state index in [1.54, 1.807) is 24.3 Å². The topological polar surface area (TPSA) is 105 Å². The van der Waals surface area contributed by atoms with Crippen molar-refractivity contribution in [1.82, 2.24) is 9.62 Å². The summed E-state index contributed by atoms with van der Waals surface area (Å²) in [5, 5.41) is 5.56. The molecule has 32 heavy (non-hydrogen) atoms. The Morgan fingerprint density at radius 1 is 1.09 bits per heavy atom. The van der Waals surface area contributed by atoms with Gasteiger partial charge in [-0.25, -0.2) is 8.42 Å². The highest BCUT2D eigenvalue weighted by Crippen LogP contribution is 2.27. The Morgan fingerprint density at radius 3 is 2.53 bits per heavy atom. The molecule has 0 atom stereocenters. The van der Waals surface area contributed by atoms with Crippen molar-refractivity contribution < 1.29 is 22.7 Å². The number of sulfonamides is 1. The summed E-state index contributed by atoms with van der Waals surface area (Å²) in [4.78, 5) is 25.3. The van der Waals surface area contributed by atoms with Gasteiger partial charge in [-0.15, -0.1) is 0 Å². The number of ether oxygens (including phenoxy) is 1. The molecule has 0 bridgehead atoms. The molecular weight excluding hydrogens is 454 g/mol. The Hall–Kier alpha value is -2.46. The lowest BCUT2D eigenvalue weighted by Gasteiger charge is -2.26. The molecule has 1 fully saturated rings. The number of amides is 2. The lowest BCUT2D eigenvalue weighted by Crippen LogP contribution is -2.40. The smallest absolute Gasteiger partial charge is 0.255 e. The first kappa shape index (κ1) is 24.2. The number of benzene rings is 2. The van der Waals surface area contributed by atoms with E-state index in [1.165, 1.54) is 22.5 Å². The van der Waals surface area contributed by atoms with Crippen LogP contribution in [0.15, 0.2) is 47.4 Å². The molecule has 0 unspecified atom stereocenters. The first-order valence-corrected chi connectivity index (χ1v) is 12.2. The number of unbranched alkanes of at least 4 members (excludes halogenated alkanes) is 1. The summed E-state index contributed by atoms with van der Waals surface area (Å²) in [6.07, 6.45) is 1.80. The van der Waals surface area contributed by atoms with Gasteiger partial charge in [0, 0.05) is 25.2 Å². The molecule has 1 aliphatic rings. The average molecular weight is 480 g/mol. The van der Waals surface area contributed by atoms with E-state index >= 15 is 0 Å². The van der Waals surface area contributed by atoms with Crippen LogP contribution < -0.4 is 10.6 Å². The van der Waals surface area contributed by atoms with Crippen molar-refractivity contribution in [2.24, 2.45) is 0 Å². The molecule has 0 aromatic heterocycles. The molecule has 0 spiro atoms. The van der Waals surface area contributed by atoms with Crippen molar-refractivity contribution in [3.63, 3.8) is 0 Å². The Balaban J connectivity index is 1.83. The molecule has 172 valence electrons. The first-order valence-electron chi connectivity index (χ1n) is 10.4. The van der Waals surface area contributed by atoms with E-state index in [-0.39, 0.29) is 34.5 Å². The number of morpholine rings is 1. The van der Waals surface area contributed by atoms with Crippen molar-refractivity contribution in [1.29, 1.82) is 0 Å². The fourth-order valence-corrected chi connectivity index (χ4v) is 5.14. The Bertz CT molecular complexity index is 1080. The molecule has 3 rings (SSSR count). The Kier molecular flexibility index (Phi) is 8.25. The molecule has 2 amide bonds. The fourth-order valence-electron chi connectivity index (χ4n) is 3.23. The number of nitrogens with zero attached hydrogens (tertiary/aromatic N) is 1. The minimum atomic E-state index is -3.88. The van der Waals surface area contributed by atoms with Crippen LogP contribution in [0.2, 0.25) is 5.02 Å². The average Bonchev–Trinajstić information content (AvgIpc) is 2.80. The zero-order valence-electron chi connectivity index (χ0n) is 17.8. The van der Waals surface area contributed by atoms with Crippen LogP contribution in [0.5, 0.6) is 0 Å². The lowest BCUT2D eigenvalue weighted by atomic mass is 10.1. The summed E-state index contributed by atoms with van der Waals surface area (Å²) in [7, 11) is -3.88. The lowest BCUT2D eigenvalue weighted by molar-refractivity contribution is 0.0730. The second-order valence-electron chi connectivity index (χ2n) is 7.27. The van der Waals surface area contributed by atoms with Crippen LogP contribution in [0.3, 0.4) is 0 Å². The monoisotopic (exact) mass is 479 g/mol. The number of carbonyl (C=O) groups excluding carboxylic acids is 2. The third-order valence-corrected chi connectivity index (χ3v) is 7.40. The summed E-state index contributed by atoms with van der Waals surface area (Å²) in [5.41, 5.74) is 0.772. The van der Waals surface area contributed by atoms with Crippen LogP contribution in [-0.4, -0.2) is 57.4 Å². The summed E-state index contributed by atoms with van der Waals surface area (Å²) in [6, 6.07) is 10.7. The number of rotatable bonds is 8. The third-order valence-electron chi connectivity index (χ3n) is 5.02. The van der Waals surface area contributed by atoms with E-state index in [0.717, 1.165) is 12.8 Å². The summed E-state index contributed by atoms with van der Waals surface area (Å²) < 4.78 is 32.5. The van der Waals surface area contributed by atoms with E-state index in [9.17, 15) is 18.0 Å². The summed E-state index contributed by atoms with van der Waals surface area (Å²) in [6.45, 7) is 3.60. The normalized spacial score (nSPS) is 14.7. The molecule has 2 N–H and O–H groups in total. The van der Waals surface area contributed by atoms with Crippen LogP contribution in [0.1, 0.15) is 40.5 Å². The number of nitrogens with one attached hydrogen (secondary N) is 2. The van der Waals surface area contributed by atoms with Gasteiger partial charge >= 0.3 is 0 Å².